The van der Waals surface area contributed by atoms with E-state index >= 15 is 0 Å². The van der Waals surface area contributed by atoms with E-state index in [0.717, 1.165) is 18.5 Å². The maximum Gasteiger partial charge on any atom is 0.293 e. The Morgan fingerprint density at radius 3 is 2.59 bits per heavy atom. The van der Waals surface area contributed by atoms with Crippen LogP contribution in [0.2, 0.25) is 0 Å². The van der Waals surface area contributed by atoms with Crippen LogP contribution in [0.5, 0.6) is 0 Å². The monoisotopic (exact) mass is 362 g/mol. The van der Waals surface area contributed by atoms with Crippen LogP contribution in [0.1, 0.15) is 18.4 Å². The molecular formula is C20H18N4O3. The van der Waals surface area contributed by atoms with Crippen molar-refractivity contribution in [3.63, 3.8) is 0 Å². The molecule has 1 amide bonds. The molecule has 27 heavy (non-hydrogen) atoms. The van der Waals surface area contributed by atoms with Gasteiger partial charge in [-0.1, -0.05) is 24.3 Å². The fourth-order valence-electron chi connectivity index (χ4n) is 2.66. The van der Waals surface area contributed by atoms with Crippen LogP contribution < -0.4 is 10.2 Å². The number of amides is 1. The number of carbonyl (C=O) groups is 1. The third kappa shape index (κ3) is 4.30. The van der Waals surface area contributed by atoms with Gasteiger partial charge in [-0.3, -0.25) is 14.9 Å². The Labute approximate surface area is 156 Å². The first-order valence-electron chi connectivity index (χ1n) is 8.49. The van der Waals surface area contributed by atoms with Crippen molar-refractivity contribution in [1.82, 2.24) is 5.32 Å². The SMILES string of the molecule is CN(c1ccccc1)c1ccc(/C=C(\C#N)C(=O)NC2CC2)cc1[N+](=O)[O-]. The molecule has 7 heteroatoms. The van der Waals surface area contributed by atoms with Gasteiger partial charge >= 0.3 is 0 Å². The largest absolute Gasteiger partial charge is 0.349 e. The summed E-state index contributed by atoms with van der Waals surface area (Å²) in [5.74, 6) is -0.451. The number of hydrogen-bond acceptors (Lipinski definition) is 5. The zero-order valence-electron chi connectivity index (χ0n) is 14.8. The van der Waals surface area contributed by atoms with Crippen molar-refractivity contribution < 1.29 is 9.72 Å². The zero-order valence-corrected chi connectivity index (χ0v) is 14.8. The Morgan fingerprint density at radius 2 is 2.00 bits per heavy atom. The van der Waals surface area contributed by atoms with E-state index in [1.54, 1.807) is 24.1 Å². The molecule has 0 bridgehead atoms. The first-order valence-corrected chi connectivity index (χ1v) is 8.49. The molecule has 0 heterocycles. The standard InChI is InChI=1S/C20H18N4O3/c1-23(17-5-3-2-4-6-17)18-10-7-14(12-19(18)24(26)27)11-15(13-21)20(25)22-16-8-9-16/h2-7,10-12,16H,8-9H2,1H3,(H,22,25)/b15-11+. The number of carbonyl (C=O) groups excluding carboxylic acids is 1. The molecule has 0 unspecified atom stereocenters. The maximum atomic E-state index is 12.1. The second-order valence-corrected chi connectivity index (χ2v) is 6.32. The van der Waals surface area contributed by atoms with E-state index < -0.39 is 10.8 Å². The van der Waals surface area contributed by atoms with Crippen LogP contribution in [0.4, 0.5) is 17.1 Å². The highest BCUT2D eigenvalue weighted by Gasteiger charge is 2.25. The van der Waals surface area contributed by atoms with E-state index in [0.29, 0.717) is 11.3 Å². The minimum Gasteiger partial charge on any atom is -0.349 e. The predicted molar refractivity (Wildman–Crippen MR) is 102 cm³/mol. The summed E-state index contributed by atoms with van der Waals surface area (Å²) in [5.41, 5.74) is 1.49. The highest BCUT2D eigenvalue weighted by Crippen LogP contribution is 2.33. The van der Waals surface area contributed by atoms with Gasteiger partial charge in [-0.15, -0.1) is 0 Å². The third-order valence-corrected chi connectivity index (χ3v) is 4.29. The van der Waals surface area contributed by atoms with E-state index in [-0.39, 0.29) is 17.3 Å². The fourth-order valence-corrected chi connectivity index (χ4v) is 2.66. The number of anilines is 2. The summed E-state index contributed by atoms with van der Waals surface area (Å²) in [6, 6.07) is 15.9. The Balaban J connectivity index is 1.93. The normalized spacial score (nSPS) is 13.6. The lowest BCUT2D eigenvalue weighted by Crippen LogP contribution is -2.26. The molecule has 0 aromatic heterocycles. The van der Waals surface area contributed by atoms with E-state index in [4.69, 9.17) is 0 Å². The summed E-state index contributed by atoms with van der Waals surface area (Å²) < 4.78 is 0. The van der Waals surface area contributed by atoms with Gasteiger partial charge in [0.05, 0.1) is 4.92 Å². The van der Waals surface area contributed by atoms with Gasteiger partial charge in [-0.25, -0.2) is 0 Å². The van der Waals surface area contributed by atoms with Gasteiger partial charge in [0.25, 0.3) is 11.6 Å². The molecule has 1 fully saturated rings. The average molecular weight is 362 g/mol. The van der Waals surface area contributed by atoms with Crippen LogP contribution in [0, 0.1) is 21.4 Å². The topological polar surface area (TPSA) is 99.3 Å². The summed E-state index contributed by atoms with van der Waals surface area (Å²) in [4.78, 5) is 24.9. The number of nitriles is 1. The first kappa shape index (κ1) is 18.1. The van der Waals surface area contributed by atoms with Gasteiger partial charge in [-0.2, -0.15) is 5.26 Å². The van der Waals surface area contributed by atoms with E-state index in [2.05, 4.69) is 5.32 Å². The number of nitrogens with zero attached hydrogens (tertiary/aromatic N) is 3. The number of rotatable bonds is 6. The minimum atomic E-state index is -0.470. The molecule has 0 radical (unpaired) electrons. The number of benzene rings is 2. The first-order chi connectivity index (χ1) is 13.0. The van der Waals surface area contributed by atoms with E-state index in [9.17, 15) is 20.2 Å². The molecule has 136 valence electrons. The van der Waals surface area contributed by atoms with Gasteiger partial charge < -0.3 is 10.2 Å². The van der Waals surface area contributed by atoms with Crippen molar-refractivity contribution >= 4 is 29.0 Å². The lowest BCUT2D eigenvalue weighted by atomic mass is 10.1. The third-order valence-electron chi connectivity index (χ3n) is 4.29. The van der Waals surface area contributed by atoms with Crippen molar-refractivity contribution in [3.8, 4) is 6.07 Å². The van der Waals surface area contributed by atoms with Crippen LogP contribution in [0.15, 0.2) is 54.1 Å². The number of nitrogens with one attached hydrogen (secondary N) is 1. The van der Waals surface area contributed by atoms with Gasteiger partial charge in [0.1, 0.15) is 17.3 Å². The Hall–Kier alpha value is -3.66. The van der Waals surface area contributed by atoms with E-state index in [1.807, 2.05) is 36.4 Å². The molecule has 2 aromatic rings. The smallest absolute Gasteiger partial charge is 0.293 e. The molecule has 0 atom stereocenters. The number of nitro benzene ring substituents is 1. The number of para-hydroxylation sites is 1. The summed E-state index contributed by atoms with van der Waals surface area (Å²) in [5, 5.41) is 23.5. The van der Waals surface area contributed by atoms with Crippen molar-refractivity contribution in [2.24, 2.45) is 0 Å². The van der Waals surface area contributed by atoms with Gasteiger partial charge in [-0.05, 0) is 42.7 Å². The maximum absolute atomic E-state index is 12.1. The van der Waals surface area contributed by atoms with Crippen LogP contribution in [-0.2, 0) is 4.79 Å². The van der Waals surface area contributed by atoms with Crippen LogP contribution in [0.25, 0.3) is 6.08 Å². The summed E-state index contributed by atoms with van der Waals surface area (Å²) in [6.07, 6.45) is 3.20. The van der Waals surface area contributed by atoms with Gasteiger partial charge in [0.2, 0.25) is 0 Å². The van der Waals surface area contributed by atoms with Crippen LogP contribution >= 0.6 is 0 Å². The lowest BCUT2D eigenvalue weighted by molar-refractivity contribution is -0.384. The van der Waals surface area contributed by atoms with Crippen molar-refractivity contribution in [2.75, 3.05) is 11.9 Å². The zero-order chi connectivity index (χ0) is 19.4. The second kappa shape index (κ2) is 7.70. The molecule has 0 aliphatic heterocycles. The summed E-state index contributed by atoms with van der Waals surface area (Å²) in [6.45, 7) is 0. The highest BCUT2D eigenvalue weighted by atomic mass is 16.6. The molecular weight excluding hydrogens is 344 g/mol. The van der Waals surface area contributed by atoms with Gasteiger partial charge in [0, 0.05) is 24.8 Å². The van der Waals surface area contributed by atoms with Gasteiger partial charge in [0.15, 0.2) is 0 Å². The Kier molecular flexibility index (Phi) is 5.18. The molecule has 7 nitrogen and oxygen atoms in total. The Morgan fingerprint density at radius 1 is 1.30 bits per heavy atom. The molecule has 3 rings (SSSR count). The summed E-state index contributed by atoms with van der Waals surface area (Å²) >= 11 is 0. The molecule has 1 aliphatic carbocycles. The van der Waals surface area contributed by atoms with Crippen LogP contribution in [-0.4, -0.2) is 23.9 Å². The molecule has 2 aromatic carbocycles. The second-order valence-electron chi connectivity index (χ2n) is 6.32. The highest BCUT2D eigenvalue weighted by molar-refractivity contribution is 6.02. The average Bonchev–Trinajstić information content (AvgIpc) is 3.49. The molecule has 0 spiro atoms. The molecule has 1 N–H and O–H groups in total. The molecule has 1 aliphatic rings. The van der Waals surface area contributed by atoms with Crippen molar-refractivity contribution in [1.29, 1.82) is 5.26 Å². The lowest BCUT2D eigenvalue weighted by Gasteiger charge is -2.19. The van der Waals surface area contributed by atoms with E-state index in [1.165, 1.54) is 12.1 Å². The number of nitro groups is 1. The summed E-state index contributed by atoms with van der Waals surface area (Å²) in [7, 11) is 1.75. The molecule has 1 saturated carbocycles. The predicted octanol–water partition coefficient (Wildman–Crippen LogP) is 3.55. The number of hydrogen-bond donors (Lipinski definition) is 1. The molecule has 0 saturated heterocycles. The quantitative estimate of drug-likeness (QED) is 0.367. The van der Waals surface area contributed by atoms with Crippen LogP contribution in [0.3, 0.4) is 0 Å². The Bertz CT molecular complexity index is 943. The van der Waals surface area contributed by atoms with Crippen molar-refractivity contribution in [2.45, 2.75) is 18.9 Å². The van der Waals surface area contributed by atoms with Crippen molar-refractivity contribution in [3.05, 3.63) is 69.8 Å². The minimum absolute atomic E-state index is 0.0691. The fraction of sp³-hybridized carbons (Fsp3) is 0.200.